The first-order valence-corrected chi connectivity index (χ1v) is 4.59. The fourth-order valence-corrected chi connectivity index (χ4v) is 1.31. The summed E-state index contributed by atoms with van der Waals surface area (Å²) in [4.78, 5) is 11.8. The highest BCUT2D eigenvalue weighted by molar-refractivity contribution is 5.77. The highest BCUT2D eigenvalue weighted by atomic mass is 16.5. The molecule has 1 amide bonds. The van der Waals surface area contributed by atoms with Crippen LogP contribution in [0.4, 0.5) is 5.69 Å². The van der Waals surface area contributed by atoms with Crippen molar-refractivity contribution >= 4 is 12.1 Å². The summed E-state index contributed by atoms with van der Waals surface area (Å²) in [5.74, 6) is 1.49. The third-order valence-corrected chi connectivity index (χ3v) is 2.17. The fraction of sp³-hybridized carbons (Fsp3) is 0.364. The van der Waals surface area contributed by atoms with Crippen molar-refractivity contribution in [1.82, 2.24) is 0 Å². The van der Waals surface area contributed by atoms with E-state index in [2.05, 4.69) is 0 Å². The highest BCUT2D eigenvalue weighted by Gasteiger charge is 2.14. The van der Waals surface area contributed by atoms with E-state index < -0.39 is 0 Å². The SMILES string of the molecule is COc1cc(N(C)[C]=O)cc(OC)c1OC. The average molecular weight is 224 g/mol. The van der Waals surface area contributed by atoms with Gasteiger partial charge in [0.15, 0.2) is 11.5 Å². The molecule has 0 aromatic heterocycles. The predicted molar refractivity (Wildman–Crippen MR) is 60.2 cm³/mol. The quantitative estimate of drug-likeness (QED) is 0.705. The number of methoxy groups -OCH3 is 3. The van der Waals surface area contributed by atoms with Crippen molar-refractivity contribution in [3.05, 3.63) is 12.1 Å². The van der Waals surface area contributed by atoms with Gasteiger partial charge in [-0.05, 0) is 0 Å². The topological polar surface area (TPSA) is 48.0 Å². The molecule has 87 valence electrons. The van der Waals surface area contributed by atoms with E-state index in [0.717, 1.165) is 0 Å². The van der Waals surface area contributed by atoms with Gasteiger partial charge in [0, 0.05) is 19.2 Å². The molecular formula is C11H14NO4. The van der Waals surface area contributed by atoms with Gasteiger partial charge in [0.05, 0.1) is 27.0 Å². The Kier molecular flexibility index (Phi) is 3.99. The minimum absolute atomic E-state index is 0.494. The molecule has 1 radical (unpaired) electrons. The number of benzene rings is 1. The monoisotopic (exact) mass is 224 g/mol. The Hall–Kier alpha value is -1.91. The van der Waals surface area contributed by atoms with Crippen LogP contribution in [-0.2, 0) is 4.79 Å². The lowest BCUT2D eigenvalue weighted by molar-refractivity contribution is 0.324. The summed E-state index contributed by atoms with van der Waals surface area (Å²) in [6, 6.07) is 3.35. The molecule has 0 aliphatic heterocycles. The molecule has 1 aromatic carbocycles. The molecule has 16 heavy (non-hydrogen) atoms. The van der Waals surface area contributed by atoms with Gasteiger partial charge < -0.3 is 19.1 Å². The van der Waals surface area contributed by atoms with E-state index in [0.29, 0.717) is 22.9 Å². The number of carbonyl (C=O) groups excluding carboxylic acids is 1. The summed E-state index contributed by atoms with van der Waals surface area (Å²) in [5.41, 5.74) is 0.615. The zero-order valence-electron chi connectivity index (χ0n) is 9.73. The van der Waals surface area contributed by atoms with Crippen LogP contribution in [0.25, 0.3) is 0 Å². The maximum absolute atomic E-state index is 10.5. The van der Waals surface area contributed by atoms with Gasteiger partial charge in [0.1, 0.15) is 0 Å². The molecule has 0 heterocycles. The van der Waals surface area contributed by atoms with Crippen molar-refractivity contribution in [3.63, 3.8) is 0 Å². The molecule has 0 spiro atoms. The smallest absolute Gasteiger partial charge is 0.316 e. The number of hydrogen-bond donors (Lipinski definition) is 0. The van der Waals surface area contributed by atoms with E-state index in [9.17, 15) is 4.79 Å². The molecule has 1 aromatic rings. The van der Waals surface area contributed by atoms with Crippen LogP contribution in [0.3, 0.4) is 0 Å². The molecule has 0 aliphatic rings. The molecular weight excluding hydrogens is 210 g/mol. The summed E-state index contributed by atoms with van der Waals surface area (Å²) in [5, 5.41) is 0. The maximum Gasteiger partial charge on any atom is 0.316 e. The van der Waals surface area contributed by atoms with Crippen molar-refractivity contribution in [2.75, 3.05) is 33.3 Å². The molecule has 0 atom stereocenters. The van der Waals surface area contributed by atoms with Crippen LogP contribution in [0.1, 0.15) is 0 Å². The third-order valence-electron chi connectivity index (χ3n) is 2.17. The standard InChI is InChI=1S/C11H14NO4/c1-12(7-13)8-5-9(14-2)11(16-4)10(6-8)15-3/h5-6H,1-4H3. The van der Waals surface area contributed by atoms with Gasteiger partial charge in [-0.15, -0.1) is 0 Å². The van der Waals surface area contributed by atoms with E-state index in [4.69, 9.17) is 14.2 Å². The van der Waals surface area contributed by atoms with Crippen molar-refractivity contribution in [2.24, 2.45) is 0 Å². The summed E-state index contributed by atoms with van der Waals surface area (Å²) >= 11 is 0. The first kappa shape index (κ1) is 12.2. The fourth-order valence-electron chi connectivity index (χ4n) is 1.31. The van der Waals surface area contributed by atoms with Crippen LogP contribution >= 0.6 is 0 Å². The van der Waals surface area contributed by atoms with Gasteiger partial charge in [-0.25, -0.2) is 0 Å². The molecule has 0 aliphatic carbocycles. The Morgan fingerprint density at radius 2 is 1.56 bits per heavy atom. The number of hydrogen-bond acceptors (Lipinski definition) is 4. The zero-order valence-corrected chi connectivity index (χ0v) is 9.73. The number of ether oxygens (including phenoxy) is 3. The summed E-state index contributed by atoms with van der Waals surface area (Å²) in [6.07, 6.45) is 1.75. The molecule has 0 unspecified atom stereocenters. The minimum atomic E-state index is 0.494. The zero-order chi connectivity index (χ0) is 12.1. The Labute approximate surface area is 94.5 Å². The van der Waals surface area contributed by atoms with Crippen LogP contribution in [-0.4, -0.2) is 34.8 Å². The summed E-state index contributed by atoms with van der Waals surface area (Å²) in [6.45, 7) is 0. The average Bonchev–Trinajstić information content (AvgIpc) is 2.35. The lowest BCUT2D eigenvalue weighted by Crippen LogP contribution is -2.13. The molecule has 0 saturated heterocycles. The largest absolute Gasteiger partial charge is 0.493 e. The van der Waals surface area contributed by atoms with Gasteiger partial charge in [0.2, 0.25) is 5.75 Å². The first-order valence-electron chi connectivity index (χ1n) is 4.59. The Morgan fingerprint density at radius 3 is 1.88 bits per heavy atom. The summed E-state index contributed by atoms with van der Waals surface area (Å²) < 4.78 is 15.5. The molecule has 0 N–H and O–H groups in total. The summed E-state index contributed by atoms with van der Waals surface area (Å²) in [7, 11) is 6.15. The highest BCUT2D eigenvalue weighted by Crippen LogP contribution is 2.40. The normalized spacial score (nSPS) is 9.50. The molecule has 5 nitrogen and oxygen atoms in total. The van der Waals surface area contributed by atoms with Crippen LogP contribution in [0, 0.1) is 0 Å². The number of nitrogens with zero attached hydrogens (tertiary/aromatic N) is 1. The molecule has 1 rings (SSSR count). The Morgan fingerprint density at radius 1 is 1.06 bits per heavy atom. The van der Waals surface area contributed by atoms with E-state index in [1.54, 1.807) is 25.6 Å². The van der Waals surface area contributed by atoms with Gasteiger partial charge in [0.25, 0.3) is 0 Å². The molecule has 0 saturated carbocycles. The van der Waals surface area contributed by atoms with Crippen molar-refractivity contribution in [2.45, 2.75) is 0 Å². The molecule has 0 fully saturated rings. The third kappa shape index (κ3) is 2.18. The lowest BCUT2D eigenvalue weighted by Gasteiger charge is -2.16. The second kappa shape index (κ2) is 5.25. The predicted octanol–water partition coefficient (Wildman–Crippen LogP) is 1.22. The Balaban J connectivity index is 3.30. The minimum Gasteiger partial charge on any atom is -0.493 e. The first-order chi connectivity index (χ1) is 7.67. The van der Waals surface area contributed by atoms with Crippen molar-refractivity contribution in [1.29, 1.82) is 0 Å². The number of rotatable bonds is 5. The van der Waals surface area contributed by atoms with E-state index >= 15 is 0 Å². The second-order valence-electron chi connectivity index (χ2n) is 3.03. The van der Waals surface area contributed by atoms with Crippen LogP contribution in [0.15, 0.2) is 12.1 Å². The van der Waals surface area contributed by atoms with Gasteiger partial charge in [-0.3, -0.25) is 4.79 Å². The van der Waals surface area contributed by atoms with Gasteiger partial charge in [-0.1, -0.05) is 0 Å². The van der Waals surface area contributed by atoms with E-state index in [1.807, 2.05) is 0 Å². The van der Waals surface area contributed by atoms with Gasteiger partial charge >= 0.3 is 6.41 Å². The number of amides is 1. The van der Waals surface area contributed by atoms with Crippen molar-refractivity contribution in [3.8, 4) is 17.2 Å². The van der Waals surface area contributed by atoms with Crippen LogP contribution < -0.4 is 19.1 Å². The van der Waals surface area contributed by atoms with Crippen LogP contribution in [0.2, 0.25) is 0 Å². The Bertz CT molecular complexity index is 353. The molecule has 5 heteroatoms. The van der Waals surface area contributed by atoms with Crippen molar-refractivity contribution < 1.29 is 19.0 Å². The number of anilines is 1. The second-order valence-corrected chi connectivity index (χ2v) is 3.03. The maximum atomic E-state index is 10.5. The van der Waals surface area contributed by atoms with Gasteiger partial charge in [-0.2, -0.15) is 0 Å². The molecule has 0 bridgehead atoms. The van der Waals surface area contributed by atoms with Crippen LogP contribution in [0.5, 0.6) is 17.2 Å². The van der Waals surface area contributed by atoms with E-state index in [1.165, 1.54) is 26.2 Å². The lowest BCUT2D eigenvalue weighted by atomic mass is 10.2. The van der Waals surface area contributed by atoms with E-state index in [-0.39, 0.29) is 0 Å².